The van der Waals surface area contributed by atoms with Crippen LogP contribution in [0.2, 0.25) is 0 Å². The molecule has 0 aliphatic heterocycles. The lowest BCUT2D eigenvalue weighted by molar-refractivity contribution is -0.115. The molecule has 3 rings (SSSR count). The van der Waals surface area contributed by atoms with E-state index in [4.69, 9.17) is 0 Å². The molecule has 1 atom stereocenters. The fourth-order valence-corrected chi connectivity index (χ4v) is 2.71. The topological polar surface area (TPSA) is 59.0 Å². The summed E-state index contributed by atoms with van der Waals surface area (Å²) in [6, 6.07) is 4.72. The summed E-state index contributed by atoms with van der Waals surface area (Å²) in [6.45, 7) is 1.99. The highest BCUT2D eigenvalue weighted by Gasteiger charge is 2.34. The van der Waals surface area contributed by atoms with Crippen LogP contribution in [0.4, 0.5) is 10.1 Å². The Hall–Kier alpha value is -2.21. The summed E-state index contributed by atoms with van der Waals surface area (Å²) < 4.78 is 15.7. The molecule has 1 unspecified atom stereocenters. The minimum absolute atomic E-state index is 0.0584. The molecule has 0 bridgehead atoms. The van der Waals surface area contributed by atoms with Crippen molar-refractivity contribution < 1.29 is 9.18 Å². The van der Waals surface area contributed by atoms with Crippen molar-refractivity contribution >= 4 is 11.6 Å². The molecule has 1 aliphatic rings. The highest BCUT2D eigenvalue weighted by molar-refractivity contribution is 5.92. The van der Waals surface area contributed by atoms with Crippen LogP contribution in [0.5, 0.6) is 0 Å². The first-order valence-corrected chi connectivity index (χ1v) is 7.81. The van der Waals surface area contributed by atoms with Crippen LogP contribution in [0, 0.1) is 18.7 Å². The van der Waals surface area contributed by atoms with E-state index in [-0.39, 0.29) is 24.2 Å². The largest absolute Gasteiger partial charge is 0.337 e. The number of halogens is 1. The lowest BCUT2D eigenvalue weighted by atomic mass is 10.1. The number of amides is 1. The van der Waals surface area contributed by atoms with Gasteiger partial charge >= 0.3 is 0 Å². The number of nitrogens with one attached hydrogen (secondary N) is 2. The molecule has 1 saturated carbocycles. The molecule has 2 aromatic rings. The third-order valence-electron chi connectivity index (χ3n) is 4.11. The smallest absolute Gasteiger partial charge is 0.238 e. The number of aromatic nitrogens is 2. The van der Waals surface area contributed by atoms with Crippen LogP contribution in [0.1, 0.15) is 30.3 Å². The minimum atomic E-state index is -0.424. The number of carbonyl (C=O) groups excluding carboxylic acids is 1. The van der Waals surface area contributed by atoms with Crippen LogP contribution >= 0.6 is 0 Å². The lowest BCUT2D eigenvalue weighted by Crippen LogP contribution is -2.33. The van der Waals surface area contributed by atoms with Crippen molar-refractivity contribution in [2.24, 2.45) is 13.0 Å². The van der Waals surface area contributed by atoms with Crippen LogP contribution in [-0.4, -0.2) is 22.0 Å². The van der Waals surface area contributed by atoms with E-state index >= 15 is 0 Å². The second-order valence-electron chi connectivity index (χ2n) is 6.12. The van der Waals surface area contributed by atoms with Crippen molar-refractivity contribution in [3.8, 4) is 0 Å². The van der Waals surface area contributed by atoms with Crippen LogP contribution in [0.15, 0.2) is 30.6 Å². The van der Waals surface area contributed by atoms with Gasteiger partial charge in [0.2, 0.25) is 5.91 Å². The zero-order chi connectivity index (χ0) is 16.4. The highest BCUT2D eigenvalue weighted by atomic mass is 19.1. The summed E-state index contributed by atoms with van der Waals surface area (Å²) in [4.78, 5) is 16.5. The van der Waals surface area contributed by atoms with Gasteiger partial charge in [-0.05, 0) is 43.4 Å². The van der Waals surface area contributed by atoms with E-state index in [1.54, 1.807) is 18.3 Å². The van der Waals surface area contributed by atoms with Gasteiger partial charge in [0.1, 0.15) is 11.6 Å². The average molecular weight is 316 g/mol. The number of imidazole rings is 1. The molecular formula is C17H21FN4O. The highest BCUT2D eigenvalue weighted by Crippen LogP contribution is 2.40. The van der Waals surface area contributed by atoms with Gasteiger partial charge in [-0.2, -0.15) is 0 Å². The molecule has 0 spiro atoms. The molecule has 0 radical (unpaired) electrons. The summed E-state index contributed by atoms with van der Waals surface area (Å²) in [6.07, 6.45) is 5.93. The van der Waals surface area contributed by atoms with E-state index in [2.05, 4.69) is 15.6 Å². The molecule has 1 aliphatic carbocycles. The molecule has 122 valence electrons. The van der Waals surface area contributed by atoms with Gasteiger partial charge in [0.05, 0.1) is 18.3 Å². The fourth-order valence-electron chi connectivity index (χ4n) is 2.71. The quantitative estimate of drug-likeness (QED) is 0.861. The number of benzene rings is 1. The van der Waals surface area contributed by atoms with E-state index in [9.17, 15) is 9.18 Å². The van der Waals surface area contributed by atoms with Crippen LogP contribution in [-0.2, 0) is 11.8 Å². The second kappa shape index (κ2) is 6.50. The third kappa shape index (κ3) is 3.76. The summed E-state index contributed by atoms with van der Waals surface area (Å²) in [7, 11) is 1.95. The number of anilines is 1. The van der Waals surface area contributed by atoms with Crippen molar-refractivity contribution in [2.75, 3.05) is 11.9 Å². The number of hydrogen-bond donors (Lipinski definition) is 2. The number of hydrogen-bond acceptors (Lipinski definition) is 3. The van der Waals surface area contributed by atoms with Gasteiger partial charge in [-0.1, -0.05) is 6.07 Å². The molecule has 1 fully saturated rings. The third-order valence-corrected chi connectivity index (χ3v) is 4.11. The summed E-state index contributed by atoms with van der Waals surface area (Å²) in [5, 5.41) is 5.88. The Morgan fingerprint density at radius 3 is 2.91 bits per heavy atom. The standard InChI is InChI=1S/C17H21FN4O/c1-11-3-6-13(18)14(9-11)21-15(23)10-20-16(12-4-5-12)17-19-7-8-22(17)2/h3,6-9,12,16,20H,4-5,10H2,1-2H3,(H,21,23). The van der Waals surface area contributed by atoms with E-state index in [1.165, 1.54) is 6.07 Å². The Labute approximate surface area is 134 Å². The second-order valence-corrected chi connectivity index (χ2v) is 6.12. The zero-order valence-electron chi connectivity index (χ0n) is 13.3. The molecule has 5 nitrogen and oxygen atoms in total. The van der Waals surface area contributed by atoms with Crippen molar-refractivity contribution in [2.45, 2.75) is 25.8 Å². The minimum Gasteiger partial charge on any atom is -0.337 e. The zero-order valence-corrected chi connectivity index (χ0v) is 13.3. The Kier molecular flexibility index (Phi) is 4.43. The van der Waals surface area contributed by atoms with Crippen molar-refractivity contribution in [1.82, 2.24) is 14.9 Å². The summed E-state index contributed by atoms with van der Waals surface area (Å²) in [5.74, 6) is 0.766. The summed E-state index contributed by atoms with van der Waals surface area (Å²) in [5.41, 5.74) is 1.12. The Bertz CT molecular complexity index is 708. The number of nitrogens with zero attached hydrogens (tertiary/aromatic N) is 2. The van der Waals surface area contributed by atoms with Gasteiger partial charge in [-0.15, -0.1) is 0 Å². The number of carbonyl (C=O) groups is 1. The number of aryl methyl sites for hydroxylation is 2. The maximum atomic E-state index is 13.7. The van der Waals surface area contributed by atoms with Gasteiger partial charge in [0, 0.05) is 19.4 Å². The van der Waals surface area contributed by atoms with Gasteiger partial charge in [0.15, 0.2) is 0 Å². The first kappa shape index (κ1) is 15.7. The molecule has 2 N–H and O–H groups in total. The predicted octanol–water partition coefficient (Wildman–Crippen LogP) is 2.55. The molecule has 1 aromatic heterocycles. The van der Waals surface area contributed by atoms with Crippen LogP contribution in [0.3, 0.4) is 0 Å². The Morgan fingerprint density at radius 2 is 2.26 bits per heavy atom. The van der Waals surface area contributed by atoms with Crippen molar-refractivity contribution in [3.63, 3.8) is 0 Å². The van der Waals surface area contributed by atoms with Gasteiger partial charge in [-0.3, -0.25) is 10.1 Å². The van der Waals surface area contributed by atoms with Crippen molar-refractivity contribution in [3.05, 3.63) is 47.8 Å². The average Bonchev–Trinajstić information content (AvgIpc) is 3.26. The predicted molar refractivity (Wildman–Crippen MR) is 86.4 cm³/mol. The molecule has 0 saturated heterocycles. The van der Waals surface area contributed by atoms with Crippen LogP contribution in [0.25, 0.3) is 0 Å². The lowest BCUT2D eigenvalue weighted by Gasteiger charge is -2.18. The van der Waals surface area contributed by atoms with E-state index in [0.717, 1.165) is 24.2 Å². The molecule has 23 heavy (non-hydrogen) atoms. The first-order chi connectivity index (χ1) is 11.0. The Balaban J connectivity index is 1.61. The monoisotopic (exact) mass is 316 g/mol. The first-order valence-electron chi connectivity index (χ1n) is 7.81. The van der Waals surface area contributed by atoms with Crippen molar-refractivity contribution in [1.29, 1.82) is 0 Å². The molecule has 1 amide bonds. The molecule has 1 aromatic carbocycles. The Morgan fingerprint density at radius 1 is 1.48 bits per heavy atom. The van der Waals surface area contributed by atoms with E-state index in [1.807, 2.05) is 24.7 Å². The van der Waals surface area contributed by atoms with Gasteiger partial charge < -0.3 is 9.88 Å². The molecule has 1 heterocycles. The molecular weight excluding hydrogens is 295 g/mol. The maximum absolute atomic E-state index is 13.7. The fraction of sp³-hybridized carbons (Fsp3) is 0.412. The number of rotatable bonds is 6. The summed E-state index contributed by atoms with van der Waals surface area (Å²) >= 11 is 0. The molecule has 6 heteroatoms. The maximum Gasteiger partial charge on any atom is 0.238 e. The SMILES string of the molecule is Cc1ccc(F)c(NC(=O)CNC(c2nccn2C)C2CC2)c1. The van der Waals surface area contributed by atoms with Crippen LogP contribution < -0.4 is 10.6 Å². The van der Waals surface area contributed by atoms with Gasteiger partial charge in [-0.25, -0.2) is 9.37 Å². The normalized spacial score (nSPS) is 15.4. The van der Waals surface area contributed by atoms with E-state index in [0.29, 0.717) is 5.92 Å². The van der Waals surface area contributed by atoms with E-state index < -0.39 is 5.82 Å². The van der Waals surface area contributed by atoms with Gasteiger partial charge in [0.25, 0.3) is 0 Å².